The number of likely N-dealkylation sites (tertiary alicyclic amines) is 1. The minimum atomic E-state index is -1.18. The molecule has 1 saturated heterocycles. The smallest absolute Gasteiger partial charge is 0.305 e. The zero-order valence-corrected chi connectivity index (χ0v) is 49.2. The number of aliphatic hydroxyl groups excluding tert-OH is 3. The third-order valence-electron chi connectivity index (χ3n) is 14.7. The van der Waals surface area contributed by atoms with Crippen LogP contribution in [0.1, 0.15) is 95.2 Å². The van der Waals surface area contributed by atoms with E-state index in [-0.39, 0.29) is 87.9 Å². The van der Waals surface area contributed by atoms with E-state index in [9.17, 15) is 38.9 Å². The van der Waals surface area contributed by atoms with E-state index in [1.807, 2.05) is 112 Å². The van der Waals surface area contributed by atoms with Gasteiger partial charge in [0.2, 0.25) is 11.8 Å². The number of anilines is 1. The van der Waals surface area contributed by atoms with Gasteiger partial charge >= 0.3 is 5.97 Å². The van der Waals surface area contributed by atoms with Crippen molar-refractivity contribution in [2.24, 2.45) is 11.3 Å². The van der Waals surface area contributed by atoms with Gasteiger partial charge in [0.25, 0.3) is 0 Å². The van der Waals surface area contributed by atoms with Gasteiger partial charge in [-0.3, -0.25) is 19.2 Å². The molecule has 1 fully saturated rings. The highest BCUT2D eigenvalue weighted by Crippen LogP contribution is 2.43. The van der Waals surface area contributed by atoms with Gasteiger partial charge < -0.3 is 59.5 Å². The molecule has 4 aromatic carbocycles. The van der Waals surface area contributed by atoms with Crippen molar-refractivity contribution in [3.63, 3.8) is 0 Å². The fourth-order valence-electron chi connectivity index (χ4n) is 10.5. The van der Waals surface area contributed by atoms with Gasteiger partial charge in [-0.05, 0) is 102 Å². The molecule has 3 heterocycles. The standard InChI is InChI=1S/C64H80FN5O12S/c1-41(2)59-54(58(44-10-8-7-9-11-44)60(45-16-18-47(65)19-17-45)69(59)25-24-49(71)32-50(72)35-57(75)76)37-66-48-20-22-53(23-21-48)82-31-30-80-27-26-79-28-29-81-39-52(74)33-55(64(4,5)6)63(78)70-38-51(73)34-56(70)62(77)67-36-43-12-14-46(15-13-43)61-42(3)68-40-83-61/h7-23,40-41,49-51,55-56,66,71-73H,24-39H2,1-6H3,(H,67,77)(H,75,76)/t49-,50-,51-,55-,56+/m1/s1. The Balaban J connectivity index is 0.826. The molecule has 7 rings (SSSR count). The summed E-state index contributed by atoms with van der Waals surface area (Å²) in [6.07, 6.45) is -3.26. The van der Waals surface area contributed by atoms with Gasteiger partial charge in [-0.2, -0.15) is 0 Å². The second-order valence-electron chi connectivity index (χ2n) is 22.4. The van der Waals surface area contributed by atoms with Gasteiger partial charge in [0, 0.05) is 67.4 Å². The van der Waals surface area contributed by atoms with Crippen LogP contribution in [0.4, 0.5) is 10.1 Å². The first kappa shape index (κ1) is 63.7. The Morgan fingerprint density at radius 2 is 1.45 bits per heavy atom. The Kier molecular flexibility index (Phi) is 23.5. The van der Waals surface area contributed by atoms with Crippen LogP contribution in [0, 0.1) is 24.1 Å². The van der Waals surface area contributed by atoms with Gasteiger partial charge in [-0.1, -0.05) is 89.2 Å². The molecule has 6 aromatic rings. The number of carbonyl (C=O) groups is 4. The SMILES string of the molecule is Cc1ncsc1-c1ccc(CNC(=O)[C@@H]2C[C@@H](O)CN2C(=O)[C@@H](CC(=O)COCCOCCOCCOc2ccc(NCc3c(-c4ccccc4)c(-c4ccc(F)cc4)n(CC[C@@H](O)C[C@@H](O)CC(=O)O)c3C(C)C)cc2)C(C)(C)C)cc1. The number of aryl methyl sites for hydroxylation is 1. The summed E-state index contributed by atoms with van der Waals surface area (Å²) in [5.41, 5.74) is 10.6. The van der Waals surface area contributed by atoms with Crippen LogP contribution in [0.2, 0.25) is 0 Å². The number of aliphatic hydroxyl groups is 3. The van der Waals surface area contributed by atoms with E-state index in [1.165, 1.54) is 17.0 Å². The Labute approximate surface area is 489 Å². The van der Waals surface area contributed by atoms with Crippen molar-refractivity contribution >= 4 is 40.6 Å². The van der Waals surface area contributed by atoms with E-state index >= 15 is 0 Å². The highest BCUT2D eigenvalue weighted by atomic mass is 32.1. The van der Waals surface area contributed by atoms with Crippen LogP contribution in [0.15, 0.2) is 109 Å². The molecule has 6 N–H and O–H groups in total. The summed E-state index contributed by atoms with van der Waals surface area (Å²) >= 11 is 1.57. The normalized spacial score (nSPS) is 15.5. The van der Waals surface area contributed by atoms with Crippen molar-refractivity contribution < 1.29 is 62.9 Å². The van der Waals surface area contributed by atoms with Gasteiger partial charge in [0.15, 0.2) is 5.78 Å². The second kappa shape index (κ2) is 30.6. The number of thiazole rings is 1. The van der Waals surface area contributed by atoms with E-state index in [0.717, 1.165) is 61.0 Å². The van der Waals surface area contributed by atoms with E-state index in [0.29, 0.717) is 45.3 Å². The number of β-amino-alcohol motifs (C(OH)–C–C–N with tert-alkyl or cyclic N) is 1. The summed E-state index contributed by atoms with van der Waals surface area (Å²) in [4.78, 5) is 58.8. The first-order valence-electron chi connectivity index (χ1n) is 28.4. The van der Waals surface area contributed by atoms with Crippen LogP contribution in [0.25, 0.3) is 32.8 Å². The number of nitrogens with one attached hydrogen (secondary N) is 2. The summed E-state index contributed by atoms with van der Waals surface area (Å²) in [5.74, 6) is -2.53. The summed E-state index contributed by atoms with van der Waals surface area (Å²) in [7, 11) is 0. The molecule has 0 saturated carbocycles. The molecule has 83 heavy (non-hydrogen) atoms. The van der Waals surface area contributed by atoms with Crippen molar-refractivity contribution in [1.82, 2.24) is 19.8 Å². The number of hydrogen-bond acceptors (Lipinski definition) is 14. The lowest BCUT2D eigenvalue weighted by atomic mass is 9.77. The number of halogens is 1. The average molecular weight is 1160 g/mol. The number of carboxylic acids is 1. The minimum Gasteiger partial charge on any atom is -0.491 e. The highest BCUT2D eigenvalue weighted by Gasteiger charge is 2.44. The zero-order valence-electron chi connectivity index (χ0n) is 48.4. The number of nitrogens with zero attached hydrogens (tertiary/aromatic N) is 3. The van der Waals surface area contributed by atoms with Crippen LogP contribution < -0.4 is 15.4 Å². The third kappa shape index (κ3) is 18.3. The van der Waals surface area contributed by atoms with Crippen LogP contribution in [-0.2, 0) is 53.0 Å². The molecule has 1 aliphatic rings. The topological polar surface area (TPSA) is 231 Å². The Morgan fingerprint density at radius 1 is 0.795 bits per heavy atom. The molecular formula is C64H80FN5O12S. The molecule has 0 unspecified atom stereocenters. The van der Waals surface area contributed by atoms with Crippen molar-refractivity contribution in [2.75, 3.05) is 58.1 Å². The fourth-order valence-corrected chi connectivity index (χ4v) is 11.3. The lowest BCUT2D eigenvalue weighted by molar-refractivity contribution is -0.146. The maximum absolute atomic E-state index is 14.3. The molecule has 0 spiro atoms. The largest absolute Gasteiger partial charge is 0.491 e. The molecule has 0 radical (unpaired) electrons. The maximum Gasteiger partial charge on any atom is 0.305 e. The molecule has 446 valence electrons. The molecule has 1 aliphatic heterocycles. The molecule has 17 nitrogen and oxygen atoms in total. The number of carbonyl (C=O) groups excluding carboxylic acids is 3. The number of ketones is 1. The molecule has 0 aliphatic carbocycles. The molecule has 19 heteroatoms. The molecule has 5 atom stereocenters. The number of aliphatic carboxylic acids is 1. The third-order valence-corrected chi connectivity index (χ3v) is 15.6. The Bertz CT molecular complexity index is 3040. The minimum absolute atomic E-state index is 0.00467. The van der Waals surface area contributed by atoms with E-state index in [4.69, 9.17) is 24.1 Å². The number of Topliss-reactive ketones (excluding diaryl/α,β-unsaturated/α-hetero) is 1. The van der Waals surface area contributed by atoms with Gasteiger partial charge in [-0.25, -0.2) is 9.37 Å². The molecule has 2 aromatic heterocycles. The number of carboxylic acid groups (broad SMARTS) is 1. The average Bonchev–Trinajstić information content (AvgIpc) is 3.61. The zero-order chi connectivity index (χ0) is 59.6. The Morgan fingerprint density at radius 3 is 2.07 bits per heavy atom. The predicted octanol–water partition coefficient (Wildman–Crippen LogP) is 9.43. The van der Waals surface area contributed by atoms with Crippen LogP contribution in [-0.4, -0.2) is 136 Å². The first-order valence-corrected chi connectivity index (χ1v) is 29.3. The van der Waals surface area contributed by atoms with Crippen LogP contribution in [0.5, 0.6) is 5.75 Å². The monoisotopic (exact) mass is 1160 g/mol. The quantitative estimate of drug-likeness (QED) is 0.0216. The molecule has 2 amide bonds. The Hall–Kier alpha value is -6.84. The molecule has 0 bridgehead atoms. The van der Waals surface area contributed by atoms with E-state index in [1.54, 1.807) is 23.5 Å². The number of rotatable bonds is 32. The maximum atomic E-state index is 14.3. The second-order valence-corrected chi connectivity index (χ2v) is 23.3. The number of benzene rings is 4. The summed E-state index contributed by atoms with van der Waals surface area (Å²) in [6, 6.07) is 30.9. The van der Waals surface area contributed by atoms with Crippen molar-refractivity contribution in [3.05, 3.63) is 137 Å². The predicted molar refractivity (Wildman–Crippen MR) is 317 cm³/mol. The first-order chi connectivity index (χ1) is 39.8. The number of ether oxygens (including phenoxy) is 4. The van der Waals surface area contributed by atoms with Gasteiger partial charge in [-0.15, -0.1) is 11.3 Å². The summed E-state index contributed by atoms with van der Waals surface area (Å²) < 4.78 is 39.5. The van der Waals surface area contributed by atoms with Crippen molar-refractivity contribution in [2.45, 2.75) is 124 Å². The van der Waals surface area contributed by atoms with Gasteiger partial charge in [0.1, 0.15) is 30.8 Å². The fraction of sp³-hybridized carbons (Fsp3) is 0.453. The molecular weight excluding hydrogens is 1080 g/mol. The number of hydrogen-bond donors (Lipinski definition) is 6. The van der Waals surface area contributed by atoms with Gasteiger partial charge in [0.05, 0.1) is 79.5 Å². The van der Waals surface area contributed by atoms with Crippen LogP contribution >= 0.6 is 11.3 Å². The highest BCUT2D eigenvalue weighted by molar-refractivity contribution is 7.13. The summed E-state index contributed by atoms with van der Waals surface area (Å²) in [6.45, 7) is 14.3. The van der Waals surface area contributed by atoms with E-state index < -0.39 is 48.1 Å². The number of aromatic nitrogens is 2. The number of amides is 2. The van der Waals surface area contributed by atoms with Crippen molar-refractivity contribution in [3.8, 4) is 38.6 Å². The van der Waals surface area contributed by atoms with Crippen molar-refractivity contribution in [1.29, 1.82) is 0 Å². The lowest BCUT2D eigenvalue weighted by Crippen LogP contribution is -2.50. The lowest BCUT2D eigenvalue weighted by Gasteiger charge is -2.34. The van der Waals surface area contributed by atoms with E-state index in [2.05, 4.69) is 34.0 Å². The van der Waals surface area contributed by atoms with Crippen LogP contribution in [0.3, 0.4) is 0 Å². The summed E-state index contributed by atoms with van der Waals surface area (Å²) in [5, 5.41) is 47.6.